The molecule has 130 valence electrons. The molecule has 1 aliphatic carbocycles. The van der Waals surface area contributed by atoms with Gasteiger partial charge in [-0.05, 0) is 26.2 Å². The normalized spacial score (nSPS) is 14.0. The van der Waals surface area contributed by atoms with Gasteiger partial charge in [0.05, 0.1) is 6.54 Å². The Morgan fingerprint density at radius 1 is 1.42 bits per heavy atom. The van der Waals surface area contributed by atoms with Crippen molar-refractivity contribution >= 4 is 5.91 Å². The van der Waals surface area contributed by atoms with Crippen molar-refractivity contribution in [2.75, 3.05) is 7.05 Å². The summed E-state index contributed by atoms with van der Waals surface area (Å²) >= 11 is 0. The largest absolute Gasteiger partial charge is 0.435 e. The van der Waals surface area contributed by atoms with Crippen LogP contribution in [0.2, 0.25) is 0 Å². The minimum atomic E-state index is -4.49. The van der Waals surface area contributed by atoms with Crippen LogP contribution < -0.4 is 0 Å². The lowest BCUT2D eigenvalue weighted by molar-refractivity contribution is -0.142. The van der Waals surface area contributed by atoms with Gasteiger partial charge in [0.1, 0.15) is 18.0 Å². The Labute approximate surface area is 136 Å². The van der Waals surface area contributed by atoms with E-state index in [0.29, 0.717) is 36.4 Å². The van der Waals surface area contributed by atoms with E-state index in [0.717, 1.165) is 0 Å². The first-order chi connectivity index (χ1) is 11.3. The Hall–Kier alpha value is -2.32. The highest BCUT2D eigenvalue weighted by Crippen LogP contribution is 2.36. The lowest BCUT2D eigenvalue weighted by Gasteiger charge is -2.16. The SMILES string of the molecule is Cc1cc(CN(C)C(=O)Cn2nc(C(F)(F)F)c3c2CCC3)no1. The number of carbonyl (C=O) groups excluding carboxylic acids is 1. The average molecular weight is 342 g/mol. The molecular formula is C15H17F3N4O2. The zero-order valence-electron chi connectivity index (χ0n) is 13.4. The zero-order valence-corrected chi connectivity index (χ0v) is 13.4. The Bertz CT molecular complexity index is 763. The quantitative estimate of drug-likeness (QED) is 0.856. The van der Waals surface area contributed by atoms with E-state index in [1.165, 1.54) is 9.58 Å². The van der Waals surface area contributed by atoms with E-state index in [2.05, 4.69) is 10.3 Å². The van der Waals surface area contributed by atoms with Crippen molar-refractivity contribution in [2.45, 2.75) is 45.5 Å². The fourth-order valence-corrected chi connectivity index (χ4v) is 2.94. The first-order valence-corrected chi connectivity index (χ1v) is 7.57. The zero-order chi connectivity index (χ0) is 17.5. The molecule has 0 aliphatic heterocycles. The summed E-state index contributed by atoms with van der Waals surface area (Å²) < 4.78 is 45.3. The lowest BCUT2D eigenvalue weighted by atomic mass is 10.2. The molecule has 3 rings (SSSR count). The van der Waals surface area contributed by atoms with E-state index >= 15 is 0 Å². The molecule has 9 heteroatoms. The van der Waals surface area contributed by atoms with Gasteiger partial charge in [0.15, 0.2) is 5.69 Å². The van der Waals surface area contributed by atoms with E-state index in [9.17, 15) is 18.0 Å². The van der Waals surface area contributed by atoms with E-state index in [1.807, 2.05) is 0 Å². The van der Waals surface area contributed by atoms with Crippen LogP contribution in [-0.4, -0.2) is 32.8 Å². The Morgan fingerprint density at radius 3 is 2.79 bits per heavy atom. The van der Waals surface area contributed by atoms with Gasteiger partial charge in [-0.15, -0.1) is 0 Å². The van der Waals surface area contributed by atoms with E-state index in [4.69, 9.17) is 4.52 Å². The minimum absolute atomic E-state index is 0.217. The van der Waals surface area contributed by atoms with Crippen LogP contribution in [0, 0.1) is 6.92 Å². The third-order valence-electron chi connectivity index (χ3n) is 4.06. The molecule has 0 spiro atoms. The molecule has 0 aromatic carbocycles. The maximum atomic E-state index is 13.1. The number of amides is 1. The summed E-state index contributed by atoms with van der Waals surface area (Å²) in [6, 6.07) is 1.71. The molecule has 1 amide bonds. The molecule has 6 nitrogen and oxygen atoms in total. The van der Waals surface area contributed by atoms with Gasteiger partial charge in [-0.3, -0.25) is 9.48 Å². The molecule has 1 aliphatic rings. The van der Waals surface area contributed by atoms with Gasteiger partial charge < -0.3 is 9.42 Å². The van der Waals surface area contributed by atoms with Crippen molar-refractivity contribution in [1.29, 1.82) is 0 Å². The lowest BCUT2D eigenvalue weighted by Crippen LogP contribution is -2.30. The average Bonchev–Trinajstić information content (AvgIpc) is 3.16. The highest BCUT2D eigenvalue weighted by Gasteiger charge is 2.40. The third-order valence-corrected chi connectivity index (χ3v) is 4.06. The molecule has 0 radical (unpaired) electrons. The number of hydrogen-bond acceptors (Lipinski definition) is 4. The molecule has 0 N–H and O–H groups in total. The van der Waals surface area contributed by atoms with Crippen LogP contribution in [0.25, 0.3) is 0 Å². The van der Waals surface area contributed by atoms with Gasteiger partial charge in [-0.1, -0.05) is 5.16 Å². The van der Waals surface area contributed by atoms with E-state index in [-0.39, 0.29) is 24.6 Å². The number of aryl methyl sites for hydroxylation is 1. The minimum Gasteiger partial charge on any atom is -0.361 e. The molecule has 0 fully saturated rings. The summed E-state index contributed by atoms with van der Waals surface area (Å²) in [5.74, 6) is 0.298. The van der Waals surface area contributed by atoms with Crippen molar-refractivity contribution in [3.05, 3.63) is 34.5 Å². The van der Waals surface area contributed by atoms with Crippen LogP contribution in [0.15, 0.2) is 10.6 Å². The number of fused-ring (bicyclic) bond motifs is 1. The number of likely N-dealkylation sites (N-methyl/N-ethyl adjacent to an activating group) is 1. The molecule has 2 heterocycles. The topological polar surface area (TPSA) is 64.2 Å². The molecule has 24 heavy (non-hydrogen) atoms. The van der Waals surface area contributed by atoms with E-state index < -0.39 is 11.9 Å². The van der Waals surface area contributed by atoms with Gasteiger partial charge in [-0.2, -0.15) is 18.3 Å². The molecule has 2 aromatic rings. The van der Waals surface area contributed by atoms with E-state index in [1.54, 1.807) is 20.0 Å². The maximum absolute atomic E-state index is 13.1. The van der Waals surface area contributed by atoms with Gasteiger partial charge >= 0.3 is 6.18 Å². The predicted octanol–water partition coefficient (Wildman–Crippen LogP) is 2.35. The first-order valence-electron chi connectivity index (χ1n) is 7.57. The molecule has 0 unspecified atom stereocenters. The number of nitrogens with zero attached hydrogens (tertiary/aromatic N) is 4. The van der Waals surface area contributed by atoms with Crippen molar-refractivity contribution in [3.8, 4) is 0 Å². The maximum Gasteiger partial charge on any atom is 0.435 e. The van der Waals surface area contributed by atoms with Crippen molar-refractivity contribution < 1.29 is 22.5 Å². The molecule has 2 aromatic heterocycles. The number of aromatic nitrogens is 3. The van der Waals surface area contributed by atoms with Crippen LogP contribution in [0.4, 0.5) is 13.2 Å². The number of rotatable bonds is 4. The second-order valence-electron chi connectivity index (χ2n) is 5.96. The third kappa shape index (κ3) is 3.15. The predicted molar refractivity (Wildman–Crippen MR) is 77.0 cm³/mol. The molecule has 0 saturated carbocycles. The fourth-order valence-electron chi connectivity index (χ4n) is 2.94. The fraction of sp³-hybridized carbons (Fsp3) is 0.533. The standard InChI is InChI=1S/C15H17F3N4O2/c1-9-6-10(20-24-9)7-21(2)13(23)8-22-12-5-3-4-11(12)14(19-22)15(16,17)18/h6H,3-5,7-8H2,1-2H3. The Morgan fingerprint density at radius 2 is 2.17 bits per heavy atom. The highest BCUT2D eigenvalue weighted by molar-refractivity contribution is 5.75. The van der Waals surface area contributed by atoms with Crippen LogP contribution in [0.3, 0.4) is 0 Å². The summed E-state index contributed by atoms with van der Waals surface area (Å²) in [5, 5.41) is 7.45. The number of alkyl halides is 3. The summed E-state index contributed by atoms with van der Waals surface area (Å²) in [5.41, 5.74) is 0.467. The molecular weight excluding hydrogens is 325 g/mol. The second-order valence-corrected chi connectivity index (χ2v) is 5.96. The van der Waals surface area contributed by atoms with Gasteiger partial charge in [0.2, 0.25) is 5.91 Å². The number of hydrogen-bond donors (Lipinski definition) is 0. The Kier molecular flexibility index (Phi) is 4.10. The van der Waals surface area contributed by atoms with Crippen LogP contribution in [0.1, 0.15) is 34.8 Å². The van der Waals surface area contributed by atoms with Gasteiger partial charge in [-0.25, -0.2) is 0 Å². The smallest absolute Gasteiger partial charge is 0.361 e. The molecule has 0 atom stereocenters. The second kappa shape index (κ2) is 5.95. The number of carbonyl (C=O) groups is 1. The van der Waals surface area contributed by atoms with Gasteiger partial charge in [0.25, 0.3) is 0 Å². The monoisotopic (exact) mass is 342 g/mol. The van der Waals surface area contributed by atoms with Crippen LogP contribution in [0.5, 0.6) is 0 Å². The van der Waals surface area contributed by atoms with Crippen LogP contribution >= 0.6 is 0 Å². The first kappa shape index (κ1) is 16.5. The summed E-state index contributed by atoms with van der Waals surface area (Å²) in [6.45, 7) is 1.75. The summed E-state index contributed by atoms with van der Waals surface area (Å²) in [4.78, 5) is 13.7. The van der Waals surface area contributed by atoms with Crippen molar-refractivity contribution in [2.24, 2.45) is 0 Å². The van der Waals surface area contributed by atoms with Crippen LogP contribution in [-0.2, 0) is 36.9 Å². The number of halogens is 3. The Balaban J connectivity index is 1.75. The van der Waals surface area contributed by atoms with Gasteiger partial charge in [0, 0.05) is 24.4 Å². The summed E-state index contributed by atoms with van der Waals surface area (Å²) in [6.07, 6.45) is -2.98. The van der Waals surface area contributed by atoms with Crippen molar-refractivity contribution in [3.63, 3.8) is 0 Å². The molecule has 0 saturated heterocycles. The highest BCUT2D eigenvalue weighted by atomic mass is 19.4. The summed E-state index contributed by atoms with van der Waals surface area (Å²) in [7, 11) is 1.57. The molecule has 0 bridgehead atoms. The van der Waals surface area contributed by atoms with Crippen molar-refractivity contribution in [1.82, 2.24) is 19.8 Å².